The number of aryl methyl sites for hydroxylation is 1. The molecule has 0 atom stereocenters. The van der Waals surface area contributed by atoms with Gasteiger partial charge in [0.25, 0.3) is 0 Å². The van der Waals surface area contributed by atoms with E-state index in [9.17, 15) is 0 Å². The van der Waals surface area contributed by atoms with Crippen LogP contribution in [0.2, 0.25) is 0 Å². The highest BCUT2D eigenvalue weighted by atomic mass is 15.2. The Morgan fingerprint density at radius 2 is 1.85 bits per heavy atom. The van der Waals surface area contributed by atoms with Gasteiger partial charge in [-0.3, -0.25) is 4.68 Å². The van der Waals surface area contributed by atoms with Crippen LogP contribution in [0.3, 0.4) is 0 Å². The molecule has 0 N–H and O–H groups in total. The second kappa shape index (κ2) is 4.65. The summed E-state index contributed by atoms with van der Waals surface area (Å²) < 4.78 is 1.87. The number of aromatic nitrogens is 2. The third-order valence-corrected chi connectivity index (χ3v) is 1.66. The number of hydrogen-bond acceptors (Lipinski definition) is 1. The first kappa shape index (κ1) is 9.78. The molecule has 0 spiro atoms. The average molecular weight is 176 g/mol. The third-order valence-electron chi connectivity index (χ3n) is 1.66. The van der Waals surface area contributed by atoms with E-state index >= 15 is 0 Å². The maximum atomic E-state index is 4.11. The van der Waals surface area contributed by atoms with Crippen molar-refractivity contribution in [2.24, 2.45) is 7.05 Å². The molecule has 0 aliphatic rings. The molecule has 0 radical (unpaired) electrons. The summed E-state index contributed by atoms with van der Waals surface area (Å²) in [4.78, 5) is 0. The van der Waals surface area contributed by atoms with E-state index in [-0.39, 0.29) is 0 Å². The normalized spacial score (nSPS) is 9.46. The number of rotatable bonds is 0. The van der Waals surface area contributed by atoms with Gasteiger partial charge < -0.3 is 0 Å². The lowest BCUT2D eigenvalue weighted by Gasteiger charge is -1.90. The maximum absolute atomic E-state index is 4.11. The summed E-state index contributed by atoms with van der Waals surface area (Å²) in [6.07, 6.45) is 3.12. The van der Waals surface area contributed by atoms with Crippen LogP contribution < -0.4 is 0 Å². The molecule has 0 saturated heterocycles. The van der Waals surface area contributed by atoms with Crippen LogP contribution in [0.5, 0.6) is 0 Å². The zero-order valence-corrected chi connectivity index (χ0v) is 8.49. The van der Waals surface area contributed by atoms with Gasteiger partial charge in [0.15, 0.2) is 0 Å². The lowest BCUT2D eigenvalue weighted by Crippen LogP contribution is -1.87. The van der Waals surface area contributed by atoms with Gasteiger partial charge >= 0.3 is 0 Å². The van der Waals surface area contributed by atoms with E-state index in [1.54, 1.807) is 0 Å². The minimum absolute atomic E-state index is 1.18. The molecule has 2 heteroatoms. The van der Waals surface area contributed by atoms with Gasteiger partial charge in [-0.25, -0.2) is 0 Å². The van der Waals surface area contributed by atoms with E-state index in [1.807, 2.05) is 30.1 Å². The van der Waals surface area contributed by atoms with Crippen molar-refractivity contribution in [3.8, 4) is 0 Å². The van der Waals surface area contributed by atoms with Crippen molar-refractivity contribution in [1.29, 1.82) is 0 Å². The molecule has 0 amide bonds. The average Bonchev–Trinajstić information content (AvgIpc) is 2.50. The molecule has 2 rings (SSSR count). The Morgan fingerprint density at radius 3 is 2.46 bits per heavy atom. The van der Waals surface area contributed by atoms with Gasteiger partial charge in [0.2, 0.25) is 0 Å². The summed E-state index contributed by atoms with van der Waals surface area (Å²) in [5, 5.41) is 5.31. The highest BCUT2D eigenvalue weighted by molar-refractivity contribution is 5.78. The quantitative estimate of drug-likeness (QED) is 0.603. The van der Waals surface area contributed by atoms with Crippen molar-refractivity contribution in [3.63, 3.8) is 0 Å². The van der Waals surface area contributed by atoms with Crippen molar-refractivity contribution in [2.45, 2.75) is 20.3 Å². The van der Waals surface area contributed by atoms with Crippen LogP contribution in [-0.4, -0.2) is 9.78 Å². The molecule has 2 nitrogen and oxygen atoms in total. The summed E-state index contributed by atoms with van der Waals surface area (Å²) >= 11 is 0. The van der Waals surface area contributed by atoms with Crippen LogP contribution in [-0.2, 0) is 7.05 Å². The SMILES string of the molecule is CCC.Cn1ncc2ccccc21. The van der Waals surface area contributed by atoms with Gasteiger partial charge in [-0.05, 0) is 6.07 Å². The Morgan fingerprint density at radius 1 is 1.23 bits per heavy atom. The van der Waals surface area contributed by atoms with Crippen LogP contribution in [0.1, 0.15) is 20.3 Å². The fraction of sp³-hybridized carbons (Fsp3) is 0.364. The molecular weight excluding hydrogens is 160 g/mol. The third kappa shape index (κ3) is 2.31. The summed E-state index contributed by atoms with van der Waals surface area (Å²) in [6, 6.07) is 8.15. The highest BCUT2D eigenvalue weighted by Crippen LogP contribution is 2.09. The standard InChI is InChI=1S/C8H8N2.C3H8/c1-10-8-5-3-2-4-7(8)6-9-10;1-3-2/h2-6H,1H3;3H2,1-2H3. The molecule has 0 saturated carbocycles. The zero-order chi connectivity index (χ0) is 9.68. The van der Waals surface area contributed by atoms with E-state index in [0.29, 0.717) is 0 Å². The van der Waals surface area contributed by atoms with Gasteiger partial charge in [-0.1, -0.05) is 38.5 Å². The van der Waals surface area contributed by atoms with Crippen molar-refractivity contribution in [1.82, 2.24) is 9.78 Å². The van der Waals surface area contributed by atoms with Crippen LogP contribution in [0.4, 0.5) is 0 Å². The summed E-state index contributed by atoms with van der Waals surface area (Å²) in [5.74, 6) is 0. The van der Waals surface area contributed by atoms with Crippen LogP contribution in [0.25, 0.3) is 10.9 Å². The van der Waals surface area contributed by atoms with Crippen LogP contribution >= 0.6 is 0 Å². The van der Waals surface area contributed by atoms with Gasteiger partial charge in [0, 0.05) is 12.4 Å². The maximum Gasteiger partial charge on any atom is 0.0679 e. The lowest BCUT2D eigenvalue weighted by atomic mass is 10.3. The van der Waals surface area contributed by atoms with Crippen molar-refractivity contribution in [3.05, 3.63) is 30.5 Å². The van der Waals surface area contributed by atoms with Gasteiger partial charge in [-0.2, -0.15) is 5.10 Å². The van der Waals surface area contributed by atoms with Crippen LogP contribution in [0, 0.1) is 0 Å². The molecule has 1 aromatic heterocycles. The van der Waals surface area contributed by atoms with Crippen molar-refractivity contribution in [2.75, 3.05) is 0 Å². The number of hydrogen-bond donors (Lipinski definition) is 0. The summed E-state index contributed by atoms with van der Waals surface area (Å²) in [5.41, 5.74) is 1.18. The van der Waals surface area contributed by atoms with E-state index in [4.69, 9.17) is 0 Å². The van der Waals surface area contributed by atoms with E-state index < -0.39 is 0 Å². The number of nitrogens with zero attached hydrogens (tertiary/aromatic N) is 2. The van der Waals surface area contributed by atoms with Crippen LogP contribution in [0.15, 0.2) is 30.5 Å². The van der Waals surface area contributed by atoms with E-state index in [0.717, 1.165) is 0 Å². The highest BCUT2D eigenvalue weighted by Gasteiger charge is 1.93. The Kier molecular flexibility index (Phi) is 3.50. The molecular formula is C11H16N2. The molecule has 0 fully saturated rings. The number of para-hydroxylation sites is 1. The fourth-order valence-electron chi connectivity index (χ4n) is 1.10. The molecule has 13 heavy (non-hydrogen) atoms. The van der Waals surface area contributed by atoms with Gasteiger partial charge in [-0.15, -0.1) is 0 Å². The first-order valence-electron chi connectivity index (χ1n) is 4.66. The predicted molar refractivity (Wildman–Crippen MR) is 56.7 cm³/mol. The molecule has 0 unspecified atom stereocenters. The Hall–Kier alpha value is -1.31. The van der Waals surface area contributed by atoms with Crippen molar-refractivity contribution < 1.29 is 0 Å². The van der Waals surface area contributed by atoms with E-state index in [1.165, 1.54) is 17.3 Å². The minimum atomic E-state index is 1.18. The molecule has 70 valence electrons. The Balaban J connectivity index is 0.000000251. The largest absolute Gasteiger partial charge is 0.268 e. The first-order chi connectivity index (χ1) is 6.29. The second-order valence-electron chi connectivity index (χ2n) is 3.03. The summed E-state index contributed by atoms with van der Waals surface area (Å²) in [6.45, 7) is 4.25. The fourth-order valence-corrected chi connectivity index (χ4v) is 1.10. The monoisotopic (exact) mass is 176 g/mol. The van der Waals surface area contributed by atoms with E-state index in [2.05, 4.69) is 31.1 Å². The minimum Gasteiger partial charge on any atom is -0.268 e. The Labute approximate surface area is 79.2 Å². The molecule has 1 heterocycles. The molecule has 0 aliphatic heterocycles. The Bertz CT molecular complexity index is 363. The number of benzene rings is 1. The predicted octanol–water partition coefficient (Wildman–Crippen LogP) is 2.99. The number of fused-ring (bicyclic) bond motifs is 1. The zero-order valence-electron chi connectivity index (χ0n) is 8.49. The smallest absolute Gasteiger partial charge is 0.0679 e. The van der Waals surface area contributed by atoms with Crippen molar-refractivity contribution >= 4 is 10.9 Å². The van der Waals surface area contributed by atoms with Gasteiger partial charge in [0.05, 0.1) is 11.7 Å². The molecule has 0 aliphatic carbocycles. The van der Waals surface area contributed by atoms with Gasteiger partial charge in [0.1, 0.15) is 0 Å². The lowest BCUT2D eigenvalue weighted by molar-refractivity contribution is 0.797. The first-order valence-corrected chi connectivity index (χ1v) is 4.66. The second-order valence-corrected chi connectivity index (χ2v) is 3.03. The topological polar surface area (TPSA) is 17.8 Å². The summed E-state index contributed by atoms with van der Waals surface area (Å²) in [7, 11) is 1.95. The molecule has 1 aromatic carbocycles. The molecule has 2 aromatic rings. The molecule has 0 bridgehead atoms.